The fraction of sp³-hybridized carbons (Fsp3) is 0.344. The van der Waals surface area contributed by atoms with Crippen LogP contribution >= 0.6 is 0 Å². The molecule has 194 valence electrons. The van der Waals surface area contributed by atoms with E-state index in [-0.39, 0.29) is 6.10 Å². The van der Waals surface area contributed by atoms with Crippen LogP contribution in [0.15, 0.2) is 60.7 Å². The van der Waals surface area contributed by atoms with Crippen molar-refractivity contribution in [2.24, 2.45) is 0 Å². The van der Waals surface area contributed by atoms with Gasteiger partial charge in [0.1, 0.15) is 11.5 Å². The second-order valence-corrected chi connectivity index (χ2v) is 8.71. The average molecular weight is 501 g/mol. The quantitative estimate of drug-likeness (QED) is 0.208. The van der Waals surface area contributed by atoms with Crippen LogP contribution < -0.4 is 14.2 Å². The zero-order chi connectivity index (χ0) is 26.6. The molecule has 0 N–H and O–H groups in total. The molecule has 0 aliphatic heterocycles. The first-order valence-electron chi connectivity index (χ1n) is 12.9. The van der Waals surface area contributed by atoms with Crippen molar-refractivity contribution in [3.8, 4) is 34.8 Å². The Balaban J connectivity index is 1.61. The van der Waals surface area contributed by atoms with E-state index in [1.54, 1.807) is 6.92 Å². The smallest absolute Gasteiger partial charge is 0.384 e. The van der Waals surface area contributed by atoms with E-state index in [0.717, 1.165) is 41.0 Å². The highest BCUT2D eigenvalue weighted by Gasteiger charge is 2.13. The normalized spacial score (nSPS) is 11.2. The average Bonchev–Trinajstić information content (AvgIpc) is 2.90. The van der Waals surface area contributed by atoms with Gasteiger partial charge in [0.2, 0.25) is 0 Å². The minimum atomic E-state index is -0.518. The molecule has 1 atom stereocenters. The number of para-hydroxylation sites is 1. The SMILES string of the molecule is CCOC(=O)C#Cc1ccc(OCC[C@H](C)Oc2ccc(CC)cc2Oc2ccccc2C)cc1CC. The highest BCUT2D eigenvalue weighted by atomic mass is 16.5. The monoisotopic (exact) mass is 500 g/mol. The lowest BCUT2D eigenvalue weighted by atomic mass is 10.1. The van der Waals surface area contributed by atoms with E-state index in [9.17, 15) is 4.79 Å². The highest BCUT2D eigenvalue weighted by Crippen LogP contribution is 2.35. The maximum absolute atomic E-state index is 11.5. The lowest BCUT2D eigenvalue weighted by molar-refractivity contribution is -0.136. The molecule has 5 heteroatoms. The molecule has 0 unspecified atom stereocenters. The molecule has 0 fully saturated rings. The van der Waals surface area contributed by atoms with Crippen LogP contribution in [0, 0.1) is 18.8 Å². The first kappa shape index (κ1) is 27.7. The molecule has 5 nitrogen and oxygen atoms in total. The maximum Gasteiger partial charge on any atom is 0.384 e. The van der Waals surface area contributed by atoms with Gasteiger partial charge in [-0.1, -0.05) is 44.0 Å². The minimum Gasteiger partial charge on any atom is -0.493 e. The number of ether oxygens (including phenoxy) is 4. The molecule has 37 heavy (non-hydrogen) atoms. The Bertz CT molecular complexity index is 1250. The van der Waals surface area contributed by atoms with Gasteiger partial charge in [-0.2, -0.15) is 0 Å². The third-order valence-electron chi connectivity index (χ3n) is 5.88. The molecule has 0 radical (unpaired) electrons. The number of hydrogen-bond acceptors (Lipinski definition) is 5. The van der Waals surface area contributed by atoms with E-state index < -0.39 is 5.97 Å². The van der Waals surface area contributed by atoms with Gasteiger partial charge in [0, 0.05) is 17.9 Å². The van der Waals surface area contributed by atoms with Gasteiger partial charge in [-0.15, -0.1) is 0 Å². The number of esters is 1. The van der Waals surface area contributed by atoms with Crippen LogP contribution in [0.1, 0.15) is 56.4 Å². The fourth-order valence-electron chi connectivity index (χ4n) is 3.72. The summed E-state index contributed by atoms with van der Waals surface area (Å²) in [7, 11) is 0. The van der Waals surface area contributed by atoms with Crippen molar-refractivity contribution in [2.45, 2.75) is 60.0 Å². The van der Waals surface area contributed by atoms with Crippen LogP contribution in [-0.2, 0) is 22.4 Å². The predicted molar refractivity (Wildman–Crippen MR) is 147 cm³/mol. The number of carbonyl (C=O) groups excluding carboxylic acids is 1. The van der Waals surface area contributed by atoms with E-state index in [4.69, 9.17) is 18.9 Å². The molecule has 3 aromatic rings. The Kier molecular flexibility index (Phi) is 10.5. The minimum absolute atomic E-state index is 0.0768. The number of rotatable bonds is 11. The maximum atomic E-state index is 11.5. The van der Waals surface area contributed by atoms with E-state index >= 15 is 0 Å². The number of hydrogen-bond donors (Lipinski definition) is 0. The van der Waals surface area contributed by atoms with E-state index in [1.165, 1.54) is 5.56 Å². The third-order valence-corrected chi connectivity index (χ3v) is 5.88. The van der Waals surface area contributed by atoms with Gasteiger partial charge < -0.3 is 18.9 Å². The summed E-state index contributed by atoms with van der Waals surface area (Å²) < 4.78 is 23.4. The third kappa shape index (κ3) is 8.32. The second kappa shape index (κ2) is 14.0. The van der Waals surface area contributed by atoms with E-state index in [0.29, 0.717) is 31.1 Å². The topological polar surface area (TPSA) is 54.0 Å². The van der Waals surface area contributed by atoms with Crippen LogP contribution in [0.25, 0.3) is 0 Å². The van der Waals surface area contributed by atoms with Gasteiger partial charge in [-0.25, -0.2) is 4.79 Å². The van der Waals surface area contributed by atoms with Crippen LogP contribution in [0.3, 0.4) is 0 Å². The molecule has 0 heterocycles. The molecule has 0 aliphatic rings. The summed E-state index contributed by atoms with van der Waals surface area (Å²) >= 11 is 0. The number of carbonyl (C=O) groups is 1. The van der Waals surface area contributed by atoms with Crippen molar-refractivity contribution in [2.75, 3.05) is 13.2 Å². The van der Waals surface area contributed by atoms with Crippen LogP contribution in [-0.4, -0.2) is 25.3 Å². The lowest BCUT2D eigenvalue weighted by Gasteiger charge is -2.19. The first-order valence-corrected chi connectivity index (χ1v) is 12.9. The van der Waals surface area contributed by atoms with Crippen molar-refractivity contribution >= 4 is 5.97 Å². The first-order chi connectivity index (χ1) is 17.9. The zero-order valence-electron chi connectivity index (χ0n) is 22.4. The molecule has 0 aliphatic carbocycles. The van der Waals surface area contributed by atoms with Crippen molar-refractivity contribution < 1.29 is 23.7 Å². The van der Waals surface area contributed by atoms with Gasteiger partial charge in [-0.05, 0) is 86.7 Å². The van der Waals surface area contributed by atoms with Crippen LogP contribution in [0.5, 0.6) is 23.0 Å². The lowest BCUT2D eigenvalue weighted by Crippen LogP contribution is -2.16. The summed E-state index contributed by atoms with van der Waals surface area (Å²) in [5.41, 5.74) is 4.08. The second-order valence-electron chi connectivity index (χ2n) is 8.71. The summed E-state index contributed by atoms with van der Waals surface area (Å²) in [5.74, 6) is 7.92. The van der Waals surface area contributed by atoms with Crippen molar-refractivity contribution in [3.63, 3.8) is 0 Å². The van der Waals surface area contributed by atoms with E-state index in [1.807, 2.05) is 75.4 Å². The molecule has 0 aromatic heterocycles. The molecule has 0 saturated carbocycles. The molecular formula is C32H36O5. The Morgan fingerprint density at radius 1 is 0.919 bits per heavy atom. The summed E-state index contributed by atoms with van der Waals surface area (Å²) in [4.78, 5) is 11.5. The van der Waals surface area contributed by atoms with Gasteiger partial charge in [0.05, 0.1) is 19.3 Å². The summed E-state index contributed by atoms with van der Waals surface area (Å²) in [6.07, 6.45) is 2.32. The molecule has 0 bridgehead atoms. The molecule has 3 rings (SSSR count). The summed E-state index contributed by atoms with van der Waals surface area (Å²) in [5, 5.41) is 0. The van der Waals surface area contributed by atoms with Crippen molar-refractivity contribution in [1.29, 1.82) is 0 Å². The Morgan fingerprint density at radius 2 is 1.73 bits per heavy atom. The fourth-order valence-corrected chi connectivity index (χ4v) is 3.72. The van der Waals surface area contributed by atoms with Gasteiger partial charge in [0.25, 0.3) is 0 Å². The van der Waals surface area contributed by atoms with Gasteiger partial charge in [-0.3, -0.25) is 0 Å². The molecule has 0 amide bonds. The van der Waals surface area contributed by atoms with Gasteiger partial charge >= 0.3 is 5.97 Å². The zero-order valence-corrected chi connectivity index (χ0v) is 22.4. The summed E-state index contributed by atoms with van der Waals surface area (Å²) in [6.45, 7) is 10.8. The standard InChI is InChI=1S/C32H36O5/c1-6-25-13-17-30(31(21-25)37-29-12-10-9-11-23(29)4)36-24(5)19-20-35-28-16-14-27(26(7-2)22-28)15-18-32(33)34-8-3/h9-14,16-17,21-22,24H,6-8,19-20H2,1-5H3/t24-/m0/s1. The largest absolute Gasteiger partial charge is 0.493 e. The van der Waals surface area contributed by atoms with Crippen molar-refractivity contribution in [3.05, 3.63) is 82.9 Å². The van der Waals surface area contributed by atoms with Gasteiger partial charge in [0.15, 0.2) is 11.5 Å². The van der Waals surface area contributed by atoms with Crippen molar-refractivity contribution in [1.82, 2.24) is 0 Å². The molecule has 0 spiro atoms. The summed E-state index contributed by atoms with van der Waals surface area (Å²) in [6, 6.07) is 19.8. The Hall–Kier alpha value is -3.91. The molecule has 3 aromatic carbocycles. The van der Waals surface area contributed by atoms with E-state index in [2.05, 4.69) is 24.8 Å². The van der Waals surface area contributed by atoms with Crippen LogP contribution in [0.2, 0.25) is 0 Å². The molecular weight excluding hydrogens is 464 g/mol. The highest BCUT2D eigenvalue weighted by molar-refractivity contribution is 5.89. The number of benzene rings is 3. The Morgan fingerprint density at radius 3 is 2.46 bits per heavy atom. The van der Waals surface area contributed by atoms with Crippen LogP contribution in [0.4, 0.5) is 0 Å². The molecule has 0 saturated heterocycles. The Labute approximate surface area is 220 Å². The predicted octanol–water partition coefficient (Wildman–Crippen LogP) is 7.06. The number of aryl methyl sites for hydroxylation is 3.